The van der Waals surface area contributed by atoms with Gasteiger partial charge in [-0.25, -0.2) is 9.59 Å². The van der Waals surface area contributed by atoms with Crippen LogP contribution in [0, 0.1) is 0 Å². The second kappa shape index (κ2) is 5.11. The first-order valence-corrected chi connectivity index (χ1v) is 6.74. The number of aromatic carboxylic acids is 2. The molecule has 0 saturated heterocycles. The molecule has 0 bridgehead atoms. The molecule has 0 amide bonds. The number of ketones is 1. The van der Waals surface area contributed by atoms with E-state index in [4.69, 9.17) is 10.2 Å². The molecule has 0 fully saturated rings. The van der Waals surface area contributed by atoms with Gasteiger partial charge in [0, 0.05) is 11.1 Å². The Balaban J connectivity index is 2.02. The number of carbonyl (C=O) groups is 3. The van der Waals surface area contributed by atoms with Crippen LogP contribution in [0.1, 0.15) is 47.8 Å². The Morgan fingerprint density at radius 1 is 0.727 bits per heavy atom. The first kappa shape index (κ1) is 14.0. The lowest BCUT2D eigenvalue weighted by Gasteiger charge is -2.19. The highest BCUT2D eigenvalue weighted by molar-refractivity contribution is 6.11. The molecule has 0 aromatic heterocycles. The number of carboxylic acid groups (broad SMARTS) is 2. The third-order valence-corrected chi connectivity index (χ3v) is 3.87. The van der Waals surface area contributed by atoms with Gasteiger partial charge in [-0.1, -0.05) is 18.2 Å². The average molecular weight is 296 g/mol. The lowest BCUT2D eigenvalue weighted by atomic mass is 9.86. The third kappa shape index (κ3) is 2.26. The standard InChI is InChI=1S/C17H12O5/c18-15(11-4-2-9-1-3-10(9)7-11)12-5-6-13(16(19)20)14(8-12)17(21)22/h2,4-8H,1,3H2,(H,19,20)(H,21,22). The van der Waals surface area contributed by atoms with E-state index in [0.717, 1.165) is 30.5 Å². The normalized spacial score (nSPS) is 12.2. The van der Waals surface area contributed by atoms with Crippen molar-refractivity contribution in [2.75, 3.05) is 0 Å². The van der Waals surface area contributed by atoms with Gasteiger partial charge in [-0.2, -0.15) is 0 Å². The second-order valence-corrected chi connectivity index (χ2v) is 5.18. The van der Waals surface area contributed by atoms with Crippen molar-refractivity contribution in [2.45, 2.75) is 12.8 Å². The summed E-state index contributed by atoms with van der Waals surface area (Å²) in [7, 11) is 0. The van der Waals surface area contributed by atoms with Gasteiger partial charge in [0.25, 0.3) is 0 Å². The van der Waals surface area contributed by atoms with Crippen molar-refractivity contribution < 1.29 is 24.6 Å². The zero-order valence-corrected chi connectivity index (χ0v) is 11.5. The Morgan fingerprint density at radius 3 is 1.86 bits per heavy atom. The monoisotopic (exact) mass is 296 g/mol. The van der Waals surface area contributed by atoms with Gasteiger partial charge in [0.2, 0.25) is 0 Å². The van der Waals surface area contributed by atoms with Crippen molar-refractivity contribution >= 4 is 17.7 Å². The molecule has 0 atom stereocenters. The molecule has 0 radical (unpaired) electrons. The van der Waals surface area contributed by atoms with Crippen LogP contribution in [0.25, 0.3) is 0 Å². The summed E-state index contributed by atoms with van der Waals surface area (Å²) < 4.78 is 0. The van der Waals surface area contributed by atoms with Crippen molar-refractivity contribution in [3.63, 3.8) is 0 Å². The molecule has 2 N–H and O–H groups in total. The number of fused-ring (bicyclic) bond motifs is 1. The van der Waals surface area contributed by atoms with Crippen LogP contribution in [0.5, 0.6) is 0 Å². The number of aryl methyl sites for hydroxylation is 2. The Labute approximate surface area is 125 Å². The predicted octanol–water partition coefficient (Wildman–Crippen LogP) is 2.41. The van der Waals surface area contributed by atoms with E-state index in [9.17, 15) is 14.4 Å². The van der Waals surface area contributed by atoms with Crippen LogP contribution in [0.3, 0.4) is 0 Å². The van der Waals surface area contributed by atoms with Gasteiger partial charge in [-0.15, -0.1) is 0 Å². The van der Waals surface area contributed by atoms with E-state index in [1.54, 1.807) is 6.07 Å². The van der Waals surface area contributed by atoms with Crippen LogP contribution in [0.15, 0.2) is 36.4 Å². The lowest BCUT2D eigenvalue weighted by Crippen LogP contribution is -2.13. The van der Waals surface area contributed by atoms with E-state index in [2.05, 4.69) is 0 Å². The molecule has 0 unspecified atom stereocenters. The minimum atomic E-state index is -1.37. The Kier molecular flexibility index (Phi) is 3.25. The van der Waals surface area contributed by atoms with E-state index in [-0.39, 0.29) is 22.5 Å². The molecule has 5 heteroatoms. The van der Waals surface area contributed by atoms with E-state index >= 15 is 0 Å². The highest BCUT2D eigenvalue weighted by Gasteiger charge is 2.20. The molecule has 1 aliphatic carbocycles. The molecule has 110 valence electrons. The highest BCUT2D eigenvalue weighted by Crippen LogP contribution is 2.25. The molecule has 0 saturated carbocycles. The van der Waals surface area contributed by atoms with E-state index in [0.29, 0.717) is 5.56 Å². The quantitative estimate of drug-likeness (QED) is 0.845. The van der Waals surface area contributed by atoms with Crippen molar-refractivity contribution in [1.29, 1.82) is 0 Å². The number of rotatable bonds is 4. The fourth-order valence-corrected chi connectivity index (χ4v) is 2.55. The van der Waals surface area contributed by atoms with Gasteiger partial charge in [0.15, 0.2) is 5.78 Å². The van der Waals surface area contributed by atoms with Gasteiger partial charge in [0.1, 0.15) is 0 Å². The van der Waals surface area contributed by atoms with Gasteiger partial charge in [-0.05, 0) is 42.2 Å². The summed E-state index contributed by atoms with van der Waals surface area (Å²) in [6.45, 7) is 0. The van der Waals surface area contributed by atoms with Crippen molar-refractivity contribution in [3.05, 3.63) is 69.8 Å². The maximum Gasteiger partial charge on any atom is 0.336 e. The number of carbonyl (C=O) groups excluding carboxylic acids is 1. The SMILES string of the molecule is O=C(c1ccc2c(c1)CC2)c1ccc(C(=O)O)c(C(=O)O)c1. The van der Waals surface area contributed by atoms with Gasteiger partial charge < -0.3 is 10.2 Å². The van der Waals surface area contributed by atoms with Gasteiger partial charge in [-0.3, -0.25) is 4.79 Å². The van der Waals surface area contributed by atoms with Gasteiger partial charge in [0.05, 0.1) is 11.1 Å². The van der Waals surface area contributed by atoms with Crippen molar-refractivity contribution in [1.82, 2.24) is 0 Å². The predicted molar refractivity (Wildman–Crippen MR) is 77.6 cm³/mol. The molecule has 22 heavy (non-hydrogen) atoms. The Morgan fingerprint density at radius 2 is 1.32 bits per heavy atom. The molecular weight excluding hydrogens is 284 g/mol. The molecule has 1 aliphatic rings. The molecule has 5 nitrogen and oxygen atoms in total. The number of carboxylic acids is 2. The van der Waals surface area contributed by atoms with Crippen LogP contribution in [0.4, 0.5) is 0 Å². The lowest BCUT2D eigenvalue weighted by molar-refractivity contribution is 0.0651. The summed E-state index contributed by atoms with van der Waals surface area (Å²) in [6.07, 6.45) is 1.95. The van der Waals surface area contributed by atoms with E-state index in [1.165, 1.54) is 11.6 Å². The summed E-state index contributed by atoms with van der Waals surface area (Å²) in [5.74, 6) is -3.02. The molecule has 0 aliphatic heterocycles. The topological polar surface area (TPSA) is 91.7 Å². The Hall–Kier alpha value is -2.95. The first-order valence-electron chi connectivity index (χ1n) is 6.74. The van der Waals surface area contributed by atoms with Crippen molar-refractivity contribution in [3.8, 4) is 0 Å². The zero-order valence-electron chi connectivity index (χ0n) is 11.5. The molecule has 2 aromatic rings. The summed E-state index contributed by atoms with van der Waals surface area (Å²) in [5.41, 5.74) is 2.29. The second-order valence-electron chi connectivity index (χ2n) is 5.18. The van der Waals surface area contributed by atoms with Crippen molar-refractivity contribution in [2.24, 2.45) is 0 Å². The minimum Gasteiger partial charge on any atom is -0.478 e. The fraction of sp³-hybridized carbons (Fsp3) is 0.118. The van der Waals surface area contributed by atoms with Gasteiger partial charge >= 0.3 is 11.9 Å². The van der Waals surface area contributed by atoms with Crippen LogP contribution in [0.2, 0.25) is 0 Å². The molecule has 2 aromatic carbocycles. The number of hydrogen-bond donors (Lipinski definition) is 2. The molecular formula is C17H12O5. The number of hydrogen-bond acceptors (Lipinski definition) is 3. The number of benzene rings is 2. The zero-order chi connectivity index (χ0) is 15.9. The summed E-state index contributed by atoms with van der Waals surface area (Å²) in [6, 6.07) is 9.04. The molecule has 0 spiro atoms. The van der Waals surface area contributed by atoms with Crippen LogP contribution >= 0.6 is 0 Å². The highest BCUT2D eigenvalue weighted by atomic mass is 16.4. The van der Waals surface area contributed by atoms with E-state index in [1.807, 2.05) is 12.1 Å². The molecule has 3 rings (SSSR count). The summed E-state index contributed by atoms with van der Waals surface area (Å²) >= 11 is 0. The van der Waals surface area contributed by atoms with Crippen LogP contribution < -0.4 is 0 Å². The minimum absolute atomic E-state index is 0.168. The fourth-order valence-electron chi connectivity index (χ4n) is 2.55. The summed E-state index contributed by atoms with van der Waals surface area (Å²) in [4.78, 5) is 34.6. The largest absolute Gasteiger partial charge is 0.478 e. The molecule has 0 heterocycles. The first-order chi connectivity index (χ1) is 10.5. The Bertz CT molecular complexity index is 820. The maximum absolute atomic E-state index is 12.4. The van der Waals surface area contributed by atoms with E-state index < -0.39 is 11.9 Å². The van der Waals surface area contributed by atoms with Crippen LogP contribution in [-0.4, -0.2) is 27.9 Å². The maximum atomic E-state index is 12.4. The average Bonchev–Trinajstić information content (AvgIpc) is 2.47. The third-order valence-electron chi connectivity index (χ3n) is 3.87. The smallest absolute Gasteiger partial charge is 0.336 e. The van der Waals surface area contributed by atoms with Crippen LogP contribution in [-0.2, 0) is 12.8 Å². The summed E-state index contributed by atoms with van der Waals surface area (Å²) in [5, 5.41) is 18.1.